The molecule has 4 rings (SSSR count). The van der Waals surface area contributed by atoms with Gasteiger partial charge in [-0.25, -0.2) is 0 Å². The molecule has 0 radical (unpaired) electrons. The zero-order chi connectivity index (χ0) is 24.8. The molecule has 0 bridgehead atoms. The highest BCUT2D eigenvalue weighted by molar-refractivity contribution is 5.98. The van der Waals surface area contributed by atoms with Crippen molar-refractivity contribution in [2.24, 2.45) is 0 Å². The van der Waals surface area contributed by atoms with Gasteiger partial charge in [0, 0.05) is 58.4 Å². The highest BCUT2D eigenvalue weighted by atomic mass is 16.5. The number of nitrogens with zero attached hydrogens (tertiary/aromatic N) is 4. The average Bonchev–Trinajstić information content (AvgIpc) is 3.50. The summed E-state index contributed by atoms with van der Waals surface area (Å²) in [5.41, 5.74) is 2.91. The number of nitrogens with one attached hydrogen (secondary N) is 1. The number of rotatable bonds is 9. The van der Waals surface area contributed by atoms with Crippen molar-refractivity contribution >= 4 is 17.7 Å². The highest BCUT2D eigenvalue weighted by Crippen LogP contribution is 2.18. The molecule has 0 spiro atoms. The van der Waals surface area contributed by atoms with E-state index in [-0.39, 0.29) is 35.9 Å². The molecule has 1 atom stereocenters. The van der Waals surface area contributed by atoms with E-state index in [2.05, 4.69) is 16.5 Å². The normalized spacial score (nSPS) is 17.7. The van der Waals surface area contributed by atoms with Crippen molar-refractivity contribution in [2.75, 3.05) is 32.8 Å². The number of hydrogen-bond acceptors (Lipinski definition) is 5. The molecule has 1 fully saturated rings. The minimum Gasteiger partial charge on any atom is -0.376 e. The molecule has 1 saturated heterocycles. The van der Waals surface area contributed by atoms with Crippen LogP contribution in [0, 0.1) is 6.92 Å². The summed E-state index contributed by atoms with van der Waals surface area (Å²) in [5.74, 6) is -0.487. The van der Waals surface area contributed by atoms with Crippen molar-refractivity contribution in [3.63, 3.8) is 0 Å². The SMILES string of the molecule is CCN(CCC(=O)NC[C@@H]1CCCO1)C(=O)c1cc2n(n1)CCCN(Cc1cccc(C)c1)C2=O. The fraction of sp³-hybridized carbons (Fsp3) is 0.538. The Morgan fingerprint density at radius 1 is 1.23 bits per heavy atom. The number of aryl methyl sites for hydroxylation is 2. The fourth-order valence-corrected chi connectivity index (χ4v) is 4.64. The molecule has 2 aliphatic heterocycles. The van der Waals surface area contributed by atoms with Crippen LogP contribution >= 0.6 is 0 Å². The number of carbonyl (C=O) groups is 3. The van der Waals surface area contributed by atoms with Crippen LogP contribution in [-0.2, 0) is 22.6 Å². The van der Waals surface area contributed by atoms with Crippen LogP contribution in [0.5, 0.6) is 0 Å². The molecular weight excluding hydrogens is 446 g/mol. The van der Waals surface area contributed by atoms with E-state index >= 15 is 0 Å². The molecule has 0 aliphatic carbocycles. The lowest BCUT2D eigenvalue weighted by Gasteiger charge is -2.21. The first-order chi connectivity index (χ1) is 16.9. The van der Waals surface area contributed by atoms with Gasteiger partial charge in [-0.2, -0.15) is 5.10 Å². The van der Waals surface area contributed by atoms with E-state index in [1.54, 1.807) is 15.6 Å². The summed E-state index contributed by atoms with van der Waals surface area (Å²) in [7, 11) is 0. The molecule has 188 valence electrons. The van der Waals surface area contributed by atoms with Gasteiger partial charge in [0.15, 0.2) is 5.69 Å². The lowest BCUT2D eigenvalue weighted by atomic mass is 10.1. The van der Waals surface area contributed by atoms with Crippen molar-refractivity contribution in [1.82, 2.24) is 24.9 Å². The van der Waals surface area contributed by atoms with Gasteiger partial charge in [0.2, 0.25) is 5.91 Å². The Kier molecular flexibility index (Phi) is 8.17. The summed E-state index contributed by atoms with van der Waals surface area (Å²) >= 11 is 0. The van der Waals surface area contributed by atoms with Gasteiger partial charge in [-0.05, 0) is 38.7 Å². The molecule has 2 aromatic rings. The number of benzene rings is 1. The Hall–Kier alpha value is -3.20. The first kappa shape index (κ1) is 24.9. The summed E-state index contributed by atoms with van der Waals surface area (Å²) in [5, 5.41) is 7.35. The topological polar surface area (TPSA) is 96.8 Å². The van der Waals surface area contributed by atoms with E-state index in [9.17, 15) is 14.4 Å². The number of fused-ring (bicyclic) bond motifs is 1. The van der Waals surface area contributed by atoms with Crippen molar-refractivity contribution in [1.29, 1.82) is 0 Å². The van der Waals surface area contributed by atoms with E-state index in [1.165, 1.54) is 0 Å². The number of amides is 3. The van der Waals surface area contributed by atoms with Crippen molar-refractivity contribution in [3.05, 3.63) is 52.8 Å². The van der Waals surface area contributed by atoms with Gasteiger partial charge in [0.1, 0.15) is 5.69 Å². The Labute approximate surface area is 206 Å². The molecule has 0 unspecified atom stereocenters. The number of hydrogen-bond donors (Lipinski definition) is 1. The Morgan fingerprint density at radius 2 is 2.09 bits per heavy atom. The molecular formula is C26H35N5O4. The third-order valence-electron chi connectivity index (χ3n) is 6.59. The van der Waals surface area contributed by atoms with Gasteiger partial charge in [0.05, 0.1) is 6.10 Å². The second-order valence-electron chi connectivity index (χ2n) is 9.28. The van der Waals surface area contributed by atoms with Crippen LogP contribution in [0.15, 0.2) is 30.3 Å². The van der Waals surface area contributed by atoms with Crippen LogP contribution in [0.25, 0.3) is 0 Å². The van der Waals surface area contributed by atoms with Gasteiger partial charge >= 0.3 is 0 Å². The van der Waals surface area contributed by atoms with Crippen LogP contribution in [0.2, 0.25) is 0 Å². The number of carbonyl (C=O) groups excluding carboxylic acids is 3. The zero-order valence-electron chi connectivity index (χ0n) is 20.7. The van der Waals surface area contributed by atoms with Crippen LogP contribution in [0.4, 0.5) is 0 Å². The van der Waals surface area contributed by atoms with Crippen molar-refractivity contribution in [3.8, 4) is 0 Å². The van der Waals surface area contributed by atoms with Crippen molar-refractivity contribution < 1.29 is 19.1 Å². The van der Waals surface area contributed by atoms with E-state index in [0.29, 0.717) is 45.0 Å². The first-order valence-corrected chi connectivity index (χ1v) is 12.5. The molecule has 1 aromatic heterocycles. The maximum absolute atomic E-state index is 13.3. The van der Waals surface area contributed by atoms with E-state index in [1.807, 2.05) is 36.9 Å². The second kappa shape index (κ2) is 11.5. The maximum Gasteiger partial charge on any atom is 0.274 e. The summed E-state index contributed by atoms with van der Waals surface area (Å²) in [6, 6.07) is 9.73. The van der Waals surface area contributed by atoms with Crippen LogP contribution in [-0.4, -0.2) is 76.2 Å². The lowest BCUT2D eigenvalue weighted by molar-refractivity contribution is -0.121. The monoisotopic (exact) mass is 481 g/mol. The molecule has 35 heavy (non-hydrogen) atoms. The van der Waals surface area contributed by atoms with Gasteiger partial charge in [-0.3, -0.25) is 19.1 Å². The Bertz CT molecular complexity index is 1060. The van der Waals surface area contributed by atoms with E-state index in [4.69, 9.17) is 4.74 Å². The molecule has 9 nitrogen and oxygen atoms in total. The molecule has 1 N–H and O–H groups in total. The third kappa shape index (κ3) is 6.28. The smallest absolute Gasteiger partial charge is 0.274 e. The van der Waals surface area contributed by atoms with Crippen molar-refractivity contribution in [2.45, 2.75) is 58.7 Å². The maximum atomic E-state index is 13.3. The Balaban J connectivity index is 1.37. The van der Waals surface area contributed by atoms with Crippen LogP contribution < -0.4 is 5.32 Å². The van der Waals surface area contributed by atoms with Crippen LogP contribution in [0.3, 0.4) is 0 Å². The summed E-state index contributed by atoms with van der Waals surface area (Å²) in [6.07, 6.45) is 3.06. The first-order valence-electron chi connectivity index (χ1n) is 12.5. The van der Waals surface area contributed by atoms with E-state index < -0.39 is 0 Å². The Morgan fingerprint density at radius 3 is 2.83 bits per heavy atom. The number of ether oxygens (including phenoxy) is 1. The molecule has 9 heteroatoms. The molecule has 3 heterocycles. The van der Waals surface area contributed by atoms with Gasteiger partial charge < -0.3 is 19.9 Å². The third-order valence-corrected chi connectivity index (χ3v) is 6.59. The molecule has 0 saturated carbocycles. The second-order valence-corrected chi connectivity index (χ2v) is 9.28. The summed E-state index contributed by atoms with van der Waals surface area (Å²) < 4.78 is 7.18. The fourth-order valence-electron chi connectivity index (χ4n) is 4.64. The summed E-state index contributed by atoms with van der Waals surface area (Å²) in [4.78, 5) is 42.1. The minimum absolute atomic E-state index is 0.0897. The zero-order valence-corrected chi connectivity index (χ0v) is 20.7. The quantitative estimate of drug-likeness (QED) is 0.593. The predicted molar refractivity (Wildman–Crippen MR) is 131 cm³/mol. The van der Waals surface area contributed by atoms with E-state index in [0.717, 1.165) is 37.0 Å². The summed E-state index contributed by atoms with van der Waals surface area (Å²) in [6.45, 7) is 7.66. The van der Waals surface area contributed by atoms with Crippen LogP contribution in [0.1, 0.15) is 64.7 Å². The number of aromatic nitrogens is 2. The van der Waals surface area contributed by atoms with Gasteiger partial charge in [-0.15, -0.1) is 0 Å². The minimum atomic E-state index is -0.266. The lowest BCUT2D eigenvalue weighted by Crippen LogP contribution is -2.37. The predicted octanol–water partition coefficient (Wildman–Crippen LogP) is 2.39. The molecule has 3 amide bonds. The van der Waals surface area contributed by atoms with Gasteiger partial charge in [0.25, 0.3) is 11.8 Å². The average molecular weight is 482 g/mol. The highest BCUT2D eigenvalue weighted by Gasteiger charge is 2.28. The molecule has 2 aliphatic rings. The standard InChI is InChI=1S/C26H35N5O4/c1-3-29(13-10-24(32)27-17-21-9-5-14-35-21)25(33)22-16-23-26(34)30(11-6-12-31(23)28-22)18-20-8-4-7-19(2)15-20/h4,7-8,15-16,21H,3,5-6,9-14,17-18H2,1-2H3,(H,27,32)/t21-/m0/s1. The molecule has 1 aromatic carbocycles. The van der Waals surface area contributed by atoms with Gasteiger partial charge in [-0.1, -0.05) is 29.8 Å². The largest absolute Gasteiger partial charge is 0.376 e.